The molecule has 114 valence electrons. The van der Waals surface area contributed by atoms with Gasteiger partial charge >= 0.3 is 0 Å². The second-order valence-electron chi connectivity index (χ2n) is 5.63. The van der Waals surface area contributed by atoms with Gasteiger partial charge < -0.3 is 10.2 Å². The summed E-state index contributed by atoms with van der Waals surface area (Å²) in [5, 5.41) is 3.28. The predicted molar refractivity (Wildman–Crippen MR) is 85.0 cm³/mol. The summed E-state index contributed by atoms with van der Waals surface area (Å²) in [6, 6.07) is 14.3. The van der Waals surface area contributed by atoms with Crippen LogP contribution in [0.4, 0.5) is 4.39 Å². The van der Waals surface area contributed by atoms with E-state index >= 15 is 0 Å². The highest BCUT2D eigenvalue weighted by Gasteiger charge is 2.26. The summed E-state index contributed by atoms with van der Waals surface area (Å²) < 4.78 is 13.1. The van der Waals surface area contributed by atoms with Gasteiger partial charge in [0.2, 0.25) is 5.91 Å². The van der Waals surface area contributed by atoms with Crippen LogP contribution in [0.1, 0.15) is 5.56 Å². The summed E-state index contributed by atoms with van der Waals surface area (Å²) in [6.45, 7) is 1.56. The molecular formula is C18H19FN2O. The molecular weight excluding hydrogens is 279 g/mol. The van der Waals surface area contributed by atoms with Crippen LogP contribution in [0.5, 0.6) is 0 Å². The molecule has 3 rings (SSSR count). The minimum absolute atomic E-state index is 0.125. The van der Waals surface area contributed by atoms with Crippen molar-refractivity contribution in [3.8, 4) is 11.1 Å². The molecule has 1 fully saturated rings. The molecule has 0 spiro atoms. The summed E-state index contributed by atoms with van der Waals surface area (Å²) in [5.41, 5.74) is 3.11. The van der Waals surface area contributed by atoms with Crippen LogP contribution in [0.15, 0.2) is 48.5 Å². The monoisotopic (exact) mass is 298 g/mol. The van der Waals surface area contributed by atoms with E-state index in [0.29, 0.717) is 6.42 Å². The predicted octanol–water partition coefficient (Wildman–Crippen LogP) is 2.47. The van der Waals surface area contributed by atoms with Crippen molar-refractivity contribution in [2.45, 2.75) is 12.5 Å². The van der Waals surface area contributed by atoms with Crippen molar-refractivity contribution in [3.63, 3.8) is 0 Å². The fourth-order valence-electron chi connectivity index (χ4n) is 2.86. The van der Waals surface area contributed by atoms with Crippen molar-refractivity contribution in [1.82, 2.24) is 10.2 Å². The van der Waals surface area contributed by atoms with Crippen molar-refractivity contribution < 1.29 is 9.18 Å². The third-order valence-electron chi connectivity index (χ3n) is 4.11. The molecule has 1 amide bonds. The maximum absolute atomic E-state index is 13.1. The molecule has 3 nitrogen and oxygen atoms in total. The number of hydrogen-bond acceptors (Lipinski definition) is 2. The fourth-order valence-corrected chi connectivity index (χ4v) is 2.86. The Morgan fingerprint density at radius 3 is 2.68 bits per heavy atom. The zero-order valence-corrected chi connectivity index (χ0v) is 12.6. The molecule has 1 heterocycles. The molecule has 0 radical (unpaired) electrons. The minimum atomic E-state index is -0.244. The highest BCUT2D eigenvalue weighted by Crippen LogP contribution is 2.25. The number of benzene rings is 2. The van der Waals surface area contributed by atoms with Gasteiger partial charge in [0, 0.05) is 20.1 Å². The lowest BCUT2D eigenvalue weighted by Crippen LogP contribution is -2.54. The Morgan fingerprint density at radius 1 is 1.18 bits per heavy atom. The standard InChI is InChI=1S/C18H19FN2O/c1-21-11-10-20-17(18(21)22)12-14-4-2-3-5-16(14)13-6-8-15(19)9-7-13/h2-9,17,20H,10-12H2,1H3/t17-/m0/s1. The number of amides is 1. The van der Waals surface area contributed by atoms with E-state index in [1.165, 1.54) is 12.1 Å². The summed E-state index contributed by atoms with van der Waals surface area (Å²) >= 11 is 0. The Morgan fingerprint density at radius 2 is 1.91 bits per heavy atom. The molecule has 0 bridgehead atoms. The first-order valence-corrected chi connectivity index (χ1v) is 7.47. The Bertz CT molecular complexity index is 669. The van der Waals surface area contributed by atoms with Crippen molar-refractivity contribution >= 4 is 5.91 Å². The van der Waals surface area contributed by atoms with Gasteiger partial charge in [-0.05, 0) is 35.2 Å². The van der Waals surface area contributed by atoms with Crippen LogP contribution >= 0.6 is 0 Å². The van der Waals surface area contributed by atoms with E-state index in [-0.39, 0.29) is 17.8 Å². The SMILES string of the molecule is CN1CCN[C@@H](Cc2ccccc2-c2ccc(F)cc2)C1=O. The molecule has 0 aliphatic carbocycles. The molecule has 0 unspecified atom stereocenters. The van der Waals surface area contributed by atoms with Gasteiger partial charge in [0.15, 0.2) is 0 Å². The molecule has 0 aromatic heterocycles. The summed E-state index contributed by atoms with van der Waals surface area (Å²) in [6.07, 6.45) is 0.636. The topological polar surface area (TPSA) is 32.3 Å². The van der Waals surface area contributed by atoms with E-state index < -0.39 is 0 Å². The molecule has 1 saturated heterocycles. The van der Waals surface area contributed by atoms with E-state index in [0.717, 1.165) is 29.8 Å². The Labute approximate surface area is 129 Å². The molecule has 1 atom stereocenters. The largest absolute Gasteiger partial charge is 0.343 e. The van der Waals surface area contributed by atoms with Gasteiger partial charge in [-0.1, -0.05) is 36.4 Å². The summed E-state index contributed by atoms with van der Waals surface area (Å²) in [7, 11) is 1.84. The first-order valence-electron chi connectivity index (χ1n) is 7.47. The van der Waals surface area contributed by atoms with Crippen LogP contribution in [0.2, 0.25) is 0 Å². The normalized spacial score (nSPS) is 18.5. The van der Waals surface area contributed by atoms with Crippen molar-refractivity contribution in [2.75, 3.05) is 20.1 Å². The summed E-state index contributed by atoms with van der Waals surface area (Å²) in [4.78, 5) is 14.0. The van der Waals surface area contributed by atoms with E-state index in [1.807, 2.05) is 31.3 Å². The molecule has 0 saturated carbocycles. The first kappa shape index (κ1) is 14.7. The molecule has 1 aliphatic heterocycles. The Kier molecular flexibility index (Phi) is 4.20. The van der Waals surface area contributed by atoms with Crippen LogP contribution < -0.4 is 5.32 Å². The molecule has 1 aliphatic rings. The third-order valence-corrected chi connectivity index (χ3v) is 4.11. The van der Waals surface area contributed by atoms with E-state index in [4.69, 9.17) is 0 Å². The zero-order chi connectivity index (χ0) is 15.5. The average Bonchev–Trinajstić information content (AvgIpc) is 2.53. The lowest BCUT2D eigenvalue weighted by molar-refractivity contribution is -0.134. The number of rotatable bonds is 3. The lowest BCUT2D eigenvalue weighted by atomic mass is 9.94. The van der Waals surface area contributed by atoms with Crippen molar-refractivity contribution in [1.29, 1.82) is 0 Å². The number of halogens is 1. The Hall–Kier alpha value is -2.20. The molecule has 22 heavy (non-hydrogen) atoms. The van der Waals surface area contributed by atoms with Crippen molar-refractivity contribution in [3.05, 3.63) is 59.9 Å². The van der Waals surface area contributed by atoms with Crippen LogP contribution in [0, 0.1) is 5.82 Å². The molecule has 4 heteroatoms. The number of piperazine rings is 1. The number of nitrogens with one attached hydrogen (secondary N) is 1. The van der Waals surface area contributed by atoms with Gasteiger partial charge in [-0.25, -0.2) is 4.39 Å². The fraction of sp³-hybridized carbons (Fsp3) is 0.278. The third kappa shape index (κ3) is 3.02. The van der Waals surface area contributed by atoms with E-state index in [9.17, 15) is 9.18 Å². The highest BCUT2D eigenvalue weighted by molar-refractivity contribution is 5.83. The van der Waals surface area contributed by atoms with Crippen molar-refractivity contribution in [2.24, 2.45) is 0 Å². The van der Waals surface area contributed by atoms with E-state index in [2.05, 4.69) is 5.32 Å². The van der Waals surface area contributed by atoms with Crippen LogP contribution in [0.25, 0.3) is 11.1 Å². The van der Waals surface area contributed by atoms with Gasteiger partial charge in [0.1, 0.15) is 5.82 Å². The molecule has 2 aromatic carbocycles. The van der Waals surface area contributed by atoms with Crippen LogP contribution in [0.3, 0.4) is 0 Å². The second-order valence-corrected chi connectivity index (χ2v) is 5.63. The number of carbonyl (C=O) groups excluding carboxylic acids is 1. The molecule has 1 N–H and O–H groups in total. The van der Waals surface area contributed by atoms with Gasteiger partial charge in [-0.3, -0.25) is 4.79 Å². The first-order chi connectivity index (χ1) is 10.6. The van der Waals surface area contributed by atoms with Gasteiger partial charge in [0.25, 0.3) is 0 Å². The minimum Gasteiger partial charge on any atom is -0.343 e. The molecule has 2 aromatic rings. The quantitative estimate of drug-likeness (QED) is 0.944. The zero-order valence-electron chi connectivity index (χ0n) is 12.6. The number of likely N-dealkylation sites (N-methyl/N-ethyl adjacent to an activating group) is 1. The van der Waals surface area contributed by atoms with E-state index in [1.54, 1.807) is 17.0 Å². The smallest absolute Gasteiger partial charge is 0.239 e. The Balaban J connectivity index is 1.88. The van der Waals surface area contributed by atoms with Crippen LogP contribution in [-0.2, 0) is 11.2 Å². The van der Waals surface area contributed by atoms with Gasteiger partial charge in [-0.15, -0.1) is 0 Å². The highest BCUT2D eigenvalue weighted by atomic mass is 19.1. The van der Waals surface area contributed by atoms with Gasteiger partial charge in [0.05, 0.1) is 6.04 Å². The second kappa shape index (κ2) is 6.28. The van der Waals surface area contributed by atoms with Crippen LogP contribution in [-0.4, -0.2) is 37.0 Å². The summed E-state index contributed by atoms with van der Waals surface area (Å²) in [5.74, 6) is -0.118. The van der Waals surface area contributed by atoms with Gasteiger partial charge in [-0.2, -0.15) is 0 Å². The number of nitrogens with zero attached hydrogens (tertiary/aromatic N) is 1. The number of carbonyl (C=O) groups is 1. The maximum Gasteiger partial charge on any atom is 0.239 e. The average molecular weight is 298 g/mol. The maximum atomic E-state index is 13.1. The number of hydrogen-bond donors (Lipinski definition) is 1. The lowest BCUT2D eigenvalue weighted by Gasteiger charge is -2.30.